The lowest BCUT2D eigenvalue weighted by Gasteiger charge is -2.04. The number of ketones is 1. The summed E-state index contributed by atoms with van der Waals surface area (Å²) in [6.07, 6.45) is 0. The first-order valence-electron chi connectivity index (χ1n) is 4.79. The van der Waals surface area contributed by atoms with E-state index in [0.717, 1.165) is 0 Å². The van der Waals surface area contributed by atoms with Crippen molar-refractivity contribution in [3.63, 3.8) is 0 Å². The van der Waals surface area contributed by atoms with Gasteiger partial charge in [0.1, 0.15) is 5.75 Å². The highest BCUT2D eigenvalue weighted by atomic mass is 35.5. The monoisotopic (exact) mass is 187 g/mol. The van der Waals surface area contributed by atoms with Gasteiger partial charge < -0.3 is 4.74 Å². The number of Topliss-reactive ketones (excluding diaryl/α,β-unsaturated/α-hetero) is 1. The molecule has 0 radical (unpaired) electrons. The second-order valence-corrected chi connectivity index (χ2v) is 2.74. The quantitative estimate of drug-likeness (QED) is 0.666. The predicted molar refractivity (Wildman–Crippen MR) is 48.0 cm³/mol. The first-order chi connectivity index (χ1) is 6.79. The summed E-state index contributed by atoms with van der Waals surface area (Å²) in [6.45, 7) is 1.33. The molecule has 0 aliphatic heterocycles. The molecule has 1 aromatic rings. The number of carbonyl (C=O) groups excluding carboxylic acids is 1. The van der Waals surface area contributed by atoms with Gasteiger partial charge in [-0.3, -0.25) is 4.79 Å². The summed E-state index contributed by atoms with van der Waals surface area (Å²) in [5, 5.41) is 0.319. The molecule has 3 heteroatoms. The summed E-state index contributed by atoms with van der Waals surface area (Å²) in [4.78, 5) is 11.2. The molecule has 0 heterocycles. The molecular weight excluding hydrogens is 176 g/mol. The van der Waals surface area contributed by atoms with Gasteiger partial charge in [0, 0.05) is 5.02 Å². The molecule has 0 saturated heterocycles. The molecule has 0 aliphatic carbocycles. The van der Waals surface area contributed by atoms with Gasteiger partial charge in [0.25, 0.3) is 0 Å². The first kappa shape index (κ1) is 5.60. The van der Waals surface area contributed by atoms with Crippen molar-refractivity contribution in [3.8, 4) is 5.75 Å². The number of hydrogen-bond acceptors (Lipinski definition) is 2. The third-order valence-corrected chi connectivity index (χ3v) is 1.67. The molecule has 0 saturated carbocycles. The zero-order valence-corrected chi connectivity index (χ0v) is 7.18. The number of rotatable bonds is 2. The second-order valence-electron chi connectivity index (χ2n) is 2.30. The third kappa shape index (κ3) is 1.77. The summed E-state index contributed by atoms with van der Waals surface area (Å²) in [5.41, 5.74) is 0.204. The third-order valence-electron chi connectivity index (χ3n) is 1.43. The van der Waals surface area contributed by atoms with Crippen molar-refractivity contribution in [2.45, 2.75) is 6.92 Å². The van der Waals surface area contributed by atoms with Gasteiger partial charge in [0.2, 0.25) is 0 Å². The fourth-order valence-electron chi connectivity index (χ4n) is 0.871. The van der Waals surface area contributed by atoms with Crippen LogP contribution in [-0.2, 0) is 0 Å². The standard InChI is InChI=1S/C9H9ClO2/c1-6(11)8-4-3-7(10)5-9(8)12-2/h3-5H,1-2H3/i2D3. The highest BCUT2D eigenvalue weighted by molar-refractivity contribution is 6.30. The predicted octanol–water partition coefficient (Wildman–Crippen LogP) is 2.55. The van der Waals surface area contributed by atoms with Crippen LogP contribution in [0.5, 0.6) is 5.75 Å². The largest absolute Gasteiger partial charge is 0.496 e. The molecule has 0 atom stereocenters. The van der Waals surface area contributed by atoms with Crippen LogP contribution in [-0.4, -0.2) is 12.8 Å². The average Bonchev–Trinajstić information content (AvgIpc) is 1.99. The topological polar surface area (TPSA) is 26.3 Å². The van der Waals surface area contributed by atoms with Crippen molar-refractivity contribution >= 4 is 17.4 Å². The second kappa shape index (κ2) is 3.59. The molecular formula is C9H9ClO2. The smallest absolute Gasteiger partial charge is 0.163 e. The van der Waals surface area contributed by atoms with E-state index >= 15 is 0 Å². The van der Waals surface area contributed by atoms with E-state index in [4.69, 9.17) is 15.7 Å². The molecule has 1 aromatic carbocycles. The van der Waals surface area contributed by atoms with Crippen molar-refractivity contribution in [1.82, 2.24) is 0 Å². The van der Waals surface area contributed by atoms with Crippen molar-refractivity contribution < 1.29 is 13.6 Å². The van der Waals surface area contributed by atoms with E-state index in [1.54, 1.807) is 0 Å². The van der Waals surface area contributed by atoms with Crippen molar-refractivity contribution in [3.05, 3.63) is 28.8 Å². The maximum Gasteiger partial charge on any atom is 0.163 e. The Bertz CT molecular complexity index is 387. The maximum absolute atomic E-state index is 11.2. The lowest BCUT2D eigenvalue weighted by molar-refractivity contribution is 0.101. The molecule has 0 unspecified atom stereocenters. The van der Waals surface area contributed by atoms with Gasteiger partial charge in [-0.05, 0) is 25.1 Å². The number of methoxy groups -OCH3 is 1. The summed E-state index contributed by atoms with van der Waals surface area (Å²) in [5.74, 6) is -0.291. The number of ether oxygens (including phenoxy) is 1. The van der Waals surface area contributed by atoms with Crippen LogP contribution in [0.1, 0.15) is 21.4 Å². The van der Waals surface area contributed by atoms with E-state index in [1.165, 1.54) is 25.1 Å². The summed E-state index contributed by atoms with van der Waals surface area (Å²) in [7, 11) is -2.59. The highest BCUT2D eigenvalue weighted by Gasteiger charge is 2.06. The van der Waals surface area contributed by atoms with Gasteiger partial charge in [-0.25, -0.2) is 0 Å². The zero-order valence-electron chi connectivity index (χ0n) is 9.43. The Kier molecular flexibility index (Phi) is 1.67. The summed E-state index contributed by atoms with van der Waals surface area (Å²) < 4.78 is 25.5. The fourth-order valence-corrected chi connectivity index (χ4v) is 1.03. The highest BCUT2D eigenvalue weighted by Crippen LogP contribution is 2.23. The van der Waals surface area contributed by atoms with Gasteiger partial charge in [0.05, 0.1) is 16.7 Å². The van der Waals surface area contributed by atoms with Crippen LogP contribution in [0.25, 0.3) is 0 Å². The average molecular weight is 188 g/mol. The van der Waals surface area contributed by atoms with E-state index in [2.05, 4.69) is 4.74 Å². The lowest BCUT2D eigenvalue weighted by atomic mass is 10.1. The van der Waals surface area contributed by atoms with Crippen LogP contribution in [0.2, 0.25) is 5.02 Å². The number of hydrogen-bond donors (Lipinski definition) is 0. The molecule has 0 spiro atoms. The number of carbonyl (C=O) groups is 1. The minimum Gasteiger partial charge on any atom is -0.496 e. The van der Waals surface area contributed by atoms with Crippen LogP contribution >= 0.6 is 11.6 Å². The van der Waals surface area contributed by atoms with Gasteiger partial charge in [-0.15, -0.1) is 0 Å². The van der Waals surface area contributed by atoms with Crippen LogP contribution in [0.4, 0.5) is 0 Å². The van der Waals surface area contributed by atoms with E-state index in [0.29, 0.717) is 5.02 Å². The van der Waals surface area contributed by atoms with E-state index in [-0.39, 0.29) is 17.1 Å². The van der Waals surface area contributed by atoms with Crippen LogP contribution in [0, 0.1) is 0 Å². The molecule has 64 valence electrons. The Balaban J connectivity index is 3.13. The molecule has 0 fully saturated rings. The Morgan fingerprint density at radius 3 is 3.00 bits per heavy atom. The summed E-state index contributed by atoms with van der Waals surface area (Å²) in [6, 6.07) is 4.25. The first-order valence-corrected chi connectivity index (χ1v) is 3.67. The molecule has 0 aliphatic rings. The Morgan fingerprint density at radius 2 is 2.42 bits per heavy atom. The normalized spacial score (nSPS) is 14.3. The van der Waals surface area contributed by atoms with Crippen LogP contribution in [0.3, 0.4) is 0 Å². The molecule has 2 nitrogen and oxygen atoms in total. The number of benzene rings is 1. The lowest BCUT2D eigenvalue weighted by Crippen LogP contribution is -1.96. The molecule has 0 N–H and O–H groups in total. The van der Waals surface area contributed by atoms with Gasteiger partial charge in [-0.1, -0.05) is 11.6 Å². The van der Waals surface area contributed by atoms with Gasteiger partial charge in [-0.2, -0.15) is 0 Å². The van der Waals surface area contributed by atoms with Gasteiger partial charge in [0.15, 0.2) is 5.78 Å². The zero-order chi connectivity index (χ0) is 11.6. The van der Waals surface area contributed by atoms with Crippen molar-refractivity contribution in [1.29, 1.82) is 0 Å². The SMILES string of the molecule is [2H]C([2H])([2H])Oc1cc(Cl)ccc1C(C)=O. The van der Waals surface area contributed by atoms with Crippen LogP contribution < -0.4 is 4.74 Å². The molecule has 0 amide bonds. The minimum atomic E-state index is -2.59. The molecule has 0 aromatic heterocycles. The minimum absolute atomic E-state index is 0.0185. The summed E-state index contributed by atoms with van der Waals surface area (Å²) >= 11 is 5.68. The Labute approximate surface area is 80.3 Å². The van der Waals surface area contributed by atoms with E-state index in [9.17, 15) is 4.79 Å². The van der Waals surface area contributed by atoms with Crippen molar-refractivity contribution in [2.75, 3.05) is 7.04 Å². The van der Waals surface area contributed by atoms with E-state index < -0.39 is 7.04 Å². The molecule has 1 rings (SSSR count). The van der Waals surface area contributed by atoms with Crippen LogP contribution in [0.15, 0.2) is 18.2 Å². The van der Waals surface area contributed by atoms with E-state index in [1.807, 2.05) is 0 Å². The van der Waals surface area contributed by atoms with Gasteiger partial charge >= 0.3 is 0 Å². The number of halogens is 1. The van der Waals surface area contributed by atoms with Crippen molar-refractivity contribution in [2.24, 2.45) is 0 Å². The maximum atomic E-state index is 11.2. The Hall–Kier alpha value is -1.02. The molecule has 12 heavy (non-hydrogen) atoms. The Morgan fingerprint density at radius 1 is 1.67 bits per heavy atom. The fraction of sp³-hybridized carbons (Fsp3) is 0.222. The molecule has 0 bridgehead atoms.